The Kier molecular flexibility index (Phi) is 2.52. The lowest BCUT2D eigenvalue weighted by Crippen LogP contribution is -1.87. The van der Waals surface area contributed by atoms with Gasteiger partial charge in [0.15, 0.2) is 0 Å². The molecule has 0 unspecified atom stereocenters. The Labute approximate surface area is 109 Å². The summed E-state index contributed by atoms with van der Waals surface area (Å²) in [7, 11) is 1.61. The molecule has 2 aromatic carbocycles. The van der Waals surface area contributed by atoms with E-state index in [0.717, 1.165) is 16.5 Å². The maximum Gasteiger partial charge on any atom is 0.145 e. The Balaban J connectivity index is 2.27. The van der Waals surface area contributed by atoms with Gasteiger partial charge in [0.2, 0.25) is 0 Å². The Morgan fingerprint density at radius 2 is 2.05 bits per heavy atom. The fourth-order valence-corrected chi connectivity index (χ4v) is 2.18. The number of hydrogen-bond acceptors (Lipinski definition) is 4. The SMILES string of the molecule is COc1cccc2c(O)c(-c3cc(N)n[nH]3)ccc12. The molecule has 0 atom stereocenters. The van der Waals surface area contributed by atoms with E-state index in [0.29, 0.717) is 17.1 Å². The minimum Gasteiger partial charge on any atom is -0.507 e. The van der Waals surface area contributed by atoms with Gasteiger partial charge in [0.25, 0.3) is 0 Å². The number of hydrogen-bond donors (Lipinski definition) is 3. The maximum atomic E-state index is 10.4. The molecule has 0 amide bonds. The van der Waals surface area contributed by atoms with Gasteiger partial charge in [-0.3, -0.25) is 5.10 Å². The summed E-state index contributed by atoms with van der Waals surface area (Å²) < 4.78 is 5.28. The van der Waals surface area contributed by atoms with Gasteiger partial charge < -0.3 is 15.6 Å². The molecular weight excluding hydrogens is 242 g/mol. The number of nitrogens with one attached hydrogen (secondary N) is 1. The van der Waals surface area contributed by atoms with Gasteiger partial charge in [0.05, 0.1) is 12.8 Å². The van der Waals surface area contributed by atoms with Gasteiger partial charge in [-0.2, -0.15) is 5.10 Å². The predicted octanol–water partition coefficient (Wildman–Crippen LogP) is 2.53. The molecular formula is C14H13N3O2. The van der Waals surface area contributed by atoms with E-state index in [-0.39, 0.29) is 5.75 Å². The number of aromatic amines is 1. The van der Waals surface area contributed by atoms with Gasteiger partial charge in [0, 0.05) is 22.4 Å². The second kappa shape index (κ2) is 4.20. The van der Waals surface area contributed by atoms with Crippen LogP contribution in [-0.2, 0) is 0 Å². The molecule has 3 rings (SSSR count). The number of rotatable bonds is 2. The number of nitrogens with two attached hydrogens (primary N) is 1. The molecule has 19 heavy (non-hydrogen) atoms. The van der Waals surface area contributed by atoms with E-state index >= 15 is 0 Å². The fraction of sp³-hybridized carbons (Fsp3) is 0.0714. The summed E-state index contributed by atoms with van der Waals surface area (Å²) in [5, 5.41) is 18.6. The van der Waals surface area contributed by atoms with Crippen LogP contribution in [-0.4, -0.2) is 22.4 Å². The van der Waals surface area contributed by atoms with Gasteiger partial charge in [0.1, 0.15) is 17.3 Å². The lowest BCUT2D eigenvalue weighted by Gasteiger charge is -2.09. The van der Waals surface area contributed by atoms with Crippen LogP contribution in [0.2, 0.25) is 0 Å². The van der Waals surface area contributed by atoms with E-state index in [9.17, 15) is 5.11 Å². The summed E-state index contributed by atoms with van der Waals surface area (Å²) in [6.45, 7) is 0. The number of anilines is 1. The van der Waals surface area contributed by atoms with Crippen molar-refractivity contribution >= 4 is 16.6 Å². The number of aromatic nitrogens is 2. The fourth-order valence-electron chi connectivity index (χ4n) is 2.18. The third-order valence-electron chi connectivity index (χ3n) is 3.10. The van der Waals surface area contributed by atoms with Crippen molar-refractivity contribution in [3.05, 3.63) is 36.4 Å². The summed E-state index contributed by atoms with van der Waals surface area (Å²) in [5.41, 5.74) is 6.92. The molecule has 4 N–H and O–H groups in total. The zero-order valence-corrected chi connectivity index (χ0v) is 10.3. The second-order valence-corrected chi connectivity index (χ2v) is 4.22. The molecule has 0 saturated carbocycles. The topological polar surface area (TPSA) is 84.2 Å². The number of fused-ring (bicyclic) bond motifs is 1. The van der Waals surface area contributed by atoms with Crippen LogP contribution in [0.3, 0.4) is 0 Å². The molecule has 96 valence electrons. The normalized spacial score (nSPS) is 10.8. The molecule has 5 heteroatoms. The number of nitrogens with zero attached hydrogens (tertiary/aromatic N) is 1. The van der Waals surface area contributed by atoms with Crippen molar-refractivity contribution in [2.75, 3.05) is 12.8 Å². The zero-order chi connectivity index (χ0) is 13.4. The van der Waals surface area contributed by atoms with Crippen molar-refractivity contribution in [3.63, 3.8) is 0 Å². The van der Waals surface area contributed by atoms with Crippen molar-refractivity contribution in [1.82, 2.24) is 10.2 Å². The van der Waals surface area contributed by atoms with E-state index in [4.69, 9.17) is 10.5 Å². The molecule has 0 aliphatic rings. The predicted molar refractivity (Wildman–Crippen MR) is 74.2 cm³/mol. The van der Waals surface area contributed by atoms with Crippen LogP contribution in [0.5, 0.6) is 11.5 Å². The van der Waals surface area contributed by atoms with Crippen molar-refractivity contribution in [2.45, 2.75) is 0 Å². The summed E-state index contributed by atoms with van der Waals surface area (Å²) in [5.74, 6) is 1.30. The molecule has 5 nitrogen and oxygen atoms in total. The van der Waals surface area contributed by atoms with Gasteiger partial charge in [-0.25, -0.2) is 0 Å². The third-order valence-corrected chi connectivity index (χ3v) is 3.10. The van der Waals surface area contributed by atoms with Crippen molar-refractivity contribution < 1.29 is 9.84 Å². The average Bonchev–Trinajstić information content (AvgIpc) is 2.85. The molecule has 0 fully saturated rings. The summed E-state index contributed by atoms with van der Waals surface area (Å²) in [6.07, 6.45) is 0. The Hall–Kier alpha value is -2.69. The number of aromatic hydroxyl groups is 1. The Morgan fingerprint density at radius 3 is 2.74 bits per heavy atom. The van der Waals surface area contributed by atoms with Gasteiger partial charge in [-0.1, -0.05) is 12.1 Å². The second-order valence-electron chi connectivity index (χ2n) is 4.22. The van der Waals surface area contributed by atoms with E-state index < -0.39 is 0 Å². The first-order valence-electron chi connectivity index (χ1n) is 5.80. The minimum absolute atomic E-state index is 0.181. The quantitative estimate of drug-likeness (QED) is 0.657. The lowest BCUT2D eigenvalue weighted by atomic mass is 10.0. The van der Waals surface area contributed by atoms with Crippen LogP contribution < -0.4 is 10.5 Å². The van der Waals surface area contributed by atoms with E-state index in [1.807, 2.05) is 30.3 Å². The average molecular weight is 255 g/mol. The molecule has 0 aliphatic heterocycles. The van der Waals surface area contributed by atoms with Crippen molar-refractivity contribution in [3.8, 4) is 22.8 Å². The Morgan fingerprint density at radius 1 is 1.21 bits per heavy atom. The highest BCUT2D eigenvalue weighted by Gasteiger charge is 2.12. The number of methoxy groups -OCH3 is 1. The molecule has 3 aromatic rings. The van der Waals surface area contributed by atoms with E-state index in [2.05, 4.69) is 10.2 Å². The summed E-state index contributed by atoms with van der Waals surface area (Å²) in [6, 6.07) is 10.9. The van der Waals surface area contributed by atoms with E-state index in [1.165, 1.54) is 0 Å². The first-order valence-corrected chi connectivity index (χ1v) is 5.80. The highest BCUT2D eigenvalue weighted by molar-refractivity contribution is 5.97. The Bertz CT molecular complexity index is 750. The van der Waals surface area contributed by atoms with Crippen LogP contribution in [0.25, 0.3) is 22.0 Å². The molecule has 0 saturated heterocycles. The largest absolute Gasteiger partial charge is 0.507 e. The van der Waals surface area contributed by atoms with Crippen LogP contribution in [0.4, 0.5) is 5.82 Å². The van der Waals surface area contributed by atoms with Crippen molar-refractivity contribution in [1.29, 1.82) is 0 Å². The van der Waals surface area contributed by atoms with E-state index in [1.54, 1.807) is 13.2 Å². The number of phenols is 1. The minimum atomic E-state index is 0.181. The molecule has 1 aromatic heterocycles. The number of H-pyrrole nitrogens is 1. The highest BCUT2D eigenvalue weighted by Crippen LogP contribution is 2.38. The smallest absolute Gasteiger partial charge is 0.145 e. The third kappa shape index (κ3) is 1.76. The zero-order valence-electron chi connectivity index (χ0n) is 10.3. The number of nitrogen functional groups attached to an aromatic ring is 1. The highest BCUT2D eigenvalue weighted by atomic mass is 16.5. The monoisotopic (exact) mass is 255 g/mol. The molecule has 0 spiro atoms. The number of ether oxygens (including phenoxy) is 1. The van der Waals surface area contributed by atoms with Gasteiger partial charge >= 0.3 is 0 Å². The standard InChI is InChI=1S/C14H13N3O2/c1-19-12-4-2-3-9-8(12)5-6-10(14(9)18)11-7-13(15)17-16-11/h2-7,18H,1H3,(H3,15,16,17). The maximum absolute atomic E-state index is 10.4. The van der Waals surface area contributed by atoms with Crippen LogP contribution in [0.15, 0.2) is 36.4 Å². The summed E-state index contributed by atoms with van der Waals surface area (Å²) >= 11 is 0. The van der Waals surface area contributed by atoms with Crippen LogP contribution in [0.1, 0.15) is 0 Å². The number of benzene rings is 2. The summed E-state index contributed by atoms with van der Waals surface area (Å²) in [4.78, 5) is 0. The van der Waals surface area contributed by atoms with Crippen LogP contribution in [0, 0.1) is 0 Å². The van der Waals surface area contributed by atoms with Crippen molar-refractivity contribution in [2.24, 2.45) is 0 Å². The number of phenolic OH excluding ortho intramolecular Hbond substituents is 1. The van der Waals surface area contributed by atoms with Crippen LogP contribution >= 0.6 is 0 Å². The molecule has 0 aliphatic carbocycles. The molecule has 0 radical (unpaired) electrons. The molecule has 0 bridgehead atoms. The lowest BCUT2D eigenvalue weighted by molar-refractivity contribution is 0.419. The first kappa shape index (κ1) is 11.4. The molecule has 1 heterocycles. The first-order chi connectivity index (χ1) is 9.20. The van der Waals surface area contributed by atoms with Gasteiger partial charge in [-0.05, 0) is 18.2 Å². The van der Waals surface area contributed by atoms with Gasteiger partial charge in [-0.15, -0.1) is 0 Å².